The van der Waals surface area contributed by atoms with Crippen molar-refractivity contribution in [2.24, 2.45) is 0 Å². The van der Waals surface area contributed by atoms with Crippen molar-refractivity contribution in [3.63, 3.8) is 0 Å². The van der Waals surface area contributed by atoms with Crippen LogP contribution < -0.4 is 0 Å². The summed E-state index contributed by atoms with van der Waals surface area (Å²) < 4.78 is 8.74. The molecule has 0 amide bonds. The largest absolute Gasteiger partial charge is 0.326 e. The predicted molar refractivity (Wildman–Crippen MR) is 42.7 cm³/mol. The molecule has 0 aliphatic heterocycles. The minimum atomic E-state index is -3.13. The molecule has 1 heterocycles. The molecule has 0 aromatic carbocycles. The number of aromatic nitrogens is 2. The van der Waals surface area contributed by atoms with E-state index in [1.54, 1.807) is 24.8 Å². The smallest absolute Gasteiger partial charge is 0.314 e. The van der Waals surface area contributed by atoms with Crippen molar-refractivity contribution >= 4 is 20.7 Å². The summed E-state index contributed by atoms with van der Waals surface area (Å²) in [5.41, 5.74) is 0. The molecule has 0 aliphatic carbocycles. The van der Waals surface area contributed by atoms with Gasteiger partial charge in [0.05, 0.1) is 0 Å². The number of halogens is 1. The van der Waals surface area contributed by atoms with E-state index in [2.05, 4.69) is 9.97 Å². The summed E-state index contributed by atoms with van der Waals surface area (Å²) in [6.07, 6.45) is 6.56. The van der Waals surface area contributed by atoms with Gasteiger partial charge in [-0.1, -0.05) is 0 Å². The van der Waals surface area contributed by atoms with Crippen LogP contribution in [0.25, 0.3) is 0 Å². The maximum absolute atomic E-state index is 8.74. The van der Waals surface area contributed by atoms with Crippen molar-refractivity contribution < 1.29 is 14.4 Å². The molecule has 7 heteroatoms. The molecule has 0 spiro atoms. The highest BCUT2D eigenvalue weighted by atomic mass is 35.5. The van der Waals surface area contributed by atoms with Gasteiger partial charge in [-0.2, -0.15) is 0 Å². The molecule has 0 unspecified atom stereocenters. The van der Waals surface area contributed by atoms with Crippen LogP contribution in [0.2, 0.25) is 0 Å². The topological polar surface area (TPSA) is 83.3 Å². The Morgan fingerprint density at radius 1 is 1.00 bits per heavy atom. The Morgan fingerprint density at radius 2 is 1.18 bits per heavy atom. The lowest BCUT2D eigenvalue weighted by atomic mass is 10.8. The van der Waals surface area contributed by atoms with Crippen LogP contribution in [0.3, 0.4) is 0 Å². The summed E-state index contributed by atoms with van der Waals surface area (Å²) in [6.45, 7) is 0. The molecule has 0 aliphatic rings. The minimum Gasteiger partial charge on any atom is -0.326 e. The molecule has 0 saturated carbocycles. The predicted octanol–water partition coefficient (Wildman–Crippen LogP) is 0.259. The molecule has 0 fully saturated rings. The molecule has 1 rings (SSSR count). The normalized spacial score (nSPS) is 7.55. The molecule has 0 bridgehead atoms. The molecule has 2 N–H and O–H groups in total. The van der Waals surface area contributed by atoms with E-state index in [1.807, 2.05) is 0 Å². The van der Waals surface area contributed by atoms with Crippen LogP contribution >= 0.6 is 20.7 Å². The summed E-state index contributed by atoms with van der Waals surface area (Å²) in [6, 6.07) is 0. The zero-order chi connectivity index (χ0) is 7.82. The van der Waals surface area contributed by atoms with Crippen molar-refractivity contribution in [1.82, 2.24) is 9.97 Å². The van der Waals surface area contributed by atoms with Crippen molar-refractivity contribution in [2.75, 3.05) is 0 Å². The maximum Gasteiger partial charge on any atom is 0.314 e. The first kappa shape index (κ1) is 13.1. The number of hydrogen-bond donors (Lipinski definition) is 2. The standard InChI is InChI=1S/C4H4N2.ClH.H3O3P/c1-2-6-4-3-5-1;;1-4(2)3/h1-4H;1H;4H,(H2,1,2,3). The Morgan fingerprint density at radius 3 is 1.27 bits per heavy atom. The first-order valence-corrected chi connectivity index (χ1v) is 3.65. The highest BCUT2D eigenvalue weighted by Crippen LogP contribution is 1.98. The Hall–Kier alpha value is -0.480. The molecule has 1 aromatic heterocycles. The van der Waals surface area contributed by atoms with E-state index in [0.29, 0.717) is 0 Å². The Labute approximate surface area is 70.5 Å². The zero-order valence-electron chi connectivity index (χ0n) is 5.41. The molecular weight excluding hydrogens is 190 g/mol. The minimum absolute atomic E-state index is 0. The number of nitrogens with zero attached hydrogens (tertiary/aromatic N) is 2. The third kappa shape index (κ3) is 17.7. The van der Waals surface area contributed by atoms with Gasteiger partial charge in [0.25, 0.3) is 0 Å². The highest BCUT2D eigenvalue weighted by molar-refractivity contribution is 7.30. The quantitative estimate of drug-likeness (QED) is 0.584. The molecule has 5 nitrogen and oxygen atoms in total. The molecule has 0 atom stereocenters. The molecule has 0 radical (unpaired) electrons. The fourth-order valence-corrected chi connectivity index (χ4v) is 0.253. The van der Waals surface area contributed by atoms with Gasteiger partial charge in [-0.05, 0) is 0 Å². The average molecular weight is 199 g/mol. The monoisotopic (exact) mass is 198 g/mol. The van der Waals surface area contributed by atoms with Gasteiger partial charge >= 0.3 is 8.25 Å². The third-order valence-electron chi connectivity index (χ3n) is 0.478. The Kier molecular flexibility index (Phi) is 11.4. The second-order valence-corrected chi connectivity index (χ2v) is 1.74. The van der Waals surface area contributed by atoms with E-state index in [4.69, 9.17) is 14.4 Å². The lowest BCUT2D eigenvalue weighted by molar-refractivity contribution is 0.405. The lowest BCUT2D eigenvalue weighted by Gasteiger charge is -1.70. The van der Waals surface area contributed by atoms with Gasteiger partial charge in [-0.3, -0.25) is 14.5 Å². The van der Waals surface area contributed by atoms with Crippen LogP contribution in [-0.4, -0.2) is 19.8 Å². The second kappa shape index (κ2) is 9.52. The van der Waals surface area contributed by atoms with E-state index < -0.39 is 8.25 Å². The van der Waals surface area contributed by atoms with E-state index in [1.165, 1.54) is 0 Å². The van der Waals surface area contributed by atoms with E-state index >= 15 is 0 Å². The van der Waals surface area contributed by atoms with Crippen molar-refractivity contribution in [3.05, 3.63) is 24.8 Å². The van der Waals surface area contributed by atoms with Gasteiger partial charge in [-0.15, -0.1) is 12.4 Å². The van der Waals surface area contributed by atoms with Gasteiger partial charge in [0, 0.05) is 24.8 Å². The zero-order valence-corrected chi connectivity index (χ0v) is 7.23. The van der Waals surface area contributed by atoms with Crippen LogP contribution in [0.15, 0.2) is 24.8 Å². The first-order valence-electron chi connectivity index (χ1n) is 2.35. The first-order chi connectivity index (χ1) is 4.73. The van der Waals surface area contributed by atoms with Crippen molar-refractivity contribution in [3.8, 4) is 0 Å². The van der Waals surface area contributed by atoms with Crippen molar-refractivity contribution in [2.45, 2.75) is 0 Å². The van der Waals surface area contributed by atoms with Crippen LogP contribution in [0, 0.1) is 0 Å². The summed E-state index contributed by atoms with van der Waals surface area (Å²) in [4.78, 5) is 21.8. The molecule has 1 aromatic rings. The van der Waals surface area contributed by atoms with Gasteiger partial charge < -0.3 is 9.79 Å². The highest BCUT2D eigenvalue weighted by Gasteiger charge is 1.61. The van der Waals surface area contributed by atoms with E-state index in [-0.39, 0.29) is 12.4 Å². The second-order valence-electron chi connectivity index (χ2n) is 1.18. The third-order valence-corrected chi connectivity index (χ3v) is 0.478. The Balaban J connectivity index is 0. The van der Waals surface area contributed by atoms with Crippen LogP contribution in [0.1, 0.15) is 0 Å². The fourth-order valence-electron chi connectivity index (χ4n) is 0.253. The summed E-state index contributed by atoms with van der Waals surface area (Å²) in [7, 11) is -3.13. The van der Waals surface area contributed by atoms with Gasteiger partial charge in [0.2, 0.25) is 0 Å². The van der Waals surface area contributed by atoms with Gasteiger partial charge in [0.1, 0.15) is 0 Å². The lowest BCUT2D eigenvalue weighted by Crippen LogP contribution is -1.66. The summed E-state index contributed by atoms with van der Waals surface area (Å²) in [5, 5.41) is 0. The maximum atomic E-state index is 8.74. The molecule has 0 saturated heterocycles. The van der Waals surface area contributed by atoms with E-state index in [0.717, 1.165) is 0 Å². The van der Waals surface area contributed by atoms with Gasteiger partial charge in [0.15, 0.2) is 0 Å². The fraction of sp³-hybridized carbons (Fsp3) is 0. The van der Waals surface area contributed by atoms with E-state index in [9.17, 15) is 0 Å². The molecule has 11 heavy (non-hydrogen) atoms. The number of rotatable bonds is 0. The summed E-state index contributed by atoms with van der Waals surface area (Å²) in [5.74, 6) is 0. The molecule has 64 valence electrons. The van der Waals surface area contributed by atoms with Crippen LogP contribution in [0.5, 0.6) is 0 Å². The van der Waals surface area contributed by atoms with Crippen LogP contribution in [0.4, 0.5) is 0 Å². The number of hydrogen-bond acceptors (Lipinski definition) is 3. The van der Waals surface area contributed by atoms with Crippen LogP contribution in [-0.2, 0) is 4.57 Å². The SMILES string of the molecule is Cl.O=[PH](O)O.c1cnccn1. The van der Waals surface area contributed by atoms with Gasteiger partial charge in [-0.25, -0.2) is 0 Å². The van der Waals surface area contributed by atoms with Crippen molar-refractivity contribution in [1.29, 1.82) is 0 Å². The average Bonchev–Trinajstić information content (AvgIpc) is 1.90. The summed E-state index contributed by atoms with van der Waals surface area (Å²) >= 11 is 0. The Bertz CT molecular complexity index is 155. The molecular formula is C4H8ClN2O3P.